The van der Waals surface area contributed by atoms with Gasteiger partial charge < -0.3 is 26.6 Å². The molecule has 1 aliphatic heterocycles. The molecule has 172 valence electrons. The molecule has 2 aliphatic rings. The smallest absolute Gasteiger partial charge is 0.223 e. The number of nitrogens with two attached hydrogens (primary N) is 2. The molecule has 1 fully saturated rings. The largest absolute Gasteiger partial charge is 0.507 e. The highest BCUT2D eigenvalue weighted by Crippen LogP contribution is 2.44. The Morgan fingerprint density at radius 1 is 1.16 bits per heavy atom. The van der Waals surface area contributed by atoms with Crippen LogP contribution in [0.4, 0.5) is 0 Å². The van der Waals surface area contributed by atoms with Crippen molar-refractivity contribution in [3.63, 3.8) is 0 Å². The Hall–Kier alpha value is -2.44. The first-order chi connectivity index (χ1) is 14.6. The Balaban J connectivity index is 1.50. The Morgan fingerprint density at radius 2 is 1.84 bits per heavy atom. The summed E-state index contributed by atoms with van der Waals surface area (Å²) in [7, 11) is 0. The zero-order valence-electron chi connectivity index (χ0n) is 19.4. The van der Waals surface area contributed by atoms with E-state index in [9.17, 15) is 9.90 Å². The third-order valence-electron chi connectivity index (χ3n) is 7.30. The summed E-state index contributed by atoms with van der Waals surface area (Å²) in [5.74, 6) is 2.11. The van der Waals surface area contributed by atoms with Gasteiger partial charge in [0.2, 0.25) is 5.91 Å². The molecule has 0 saturated heterocycles. The predicted molar refractivity (Wildman–Crippen MR) is 123 cm³/mol. The highest BCUT2D eigenvalue weighted by molar-refractivity contribution is 5.78. The molecule has 1 unspecified atom stereocenters. The normalized spacial score (nSPS) is 25.3. The molecule has 1 aliphatic carbocycles. The van der Waals surface area contributed by atoms with Crippen LogP contribution in [0.15, 0.2) is 4.99 Å². The van der Waals surface area contributed by atoms with Crippen LogP contribution in [0.1, 0.15) is 67.7 Å². The van der Waals surface area contributed by atoms with Gasteiger partial charge in [0.1, 0.15) is 17.1 Å². The zero-order chi connectivity index (χ0) is 22.8. The molecule has 0 spiro atoms. The number of hydrogen-bond acceptors (Lipinski definition) is 4. The summed E-state index contributed by atoms with van der Waals surface area (Å²) in [5.41, 5.74) is 14.4. The highest BCUT2D eigenvalue weighted by Gasteiger charge is 2.34. The van der Waals surface area contributed by atoms with Crippen molar-refractivity contribution in [2.75, 3.05) is 13.1 Å². The average Bonchev–Trinajstić information content (AvgIpc) is 2.75. The summed E-state index contributed by atoms with van der Waals surface area (Å²) in [6, 6.07) is 0. The third kappa shape index (κ3) is 5.25. The minimum atomic E-state index is -0.321. The van der Waals surface area contributed by atoms with Gasteiger partial charge in [0.15, 0.2) is 5.96 Å². The van der Waals surface area contributed by atoms with Gasteiger partial charge in [-0.1, -0.05) is 0 Å². The number of hydrogen-bond donors (Lipinski definition) is 4. The number of phenols is 1. The van der Waals surface area contributed by atoms with E-state index in [4.69, 9.17) is 16.2 Å². The van der Waals surface area contributed by atoms with Gasteiger partial charge in [-0.3, -0.25) is 9.79 Å². The molecule has 31 heavy (non-hydrogen) atoms. The summed E-state index contributed by atoms with van der Waals surface area (Å²) < 4.78 is 6.46. The third-order valence-corrected chi connectivity index (χ3v) is 7.30. The van der Waals surface area contributed by atoms with Gasteiger partial charge in [-0.25, -0.2) is 0 Å². The van der Waals surface area contributed by atoms with Crippen LogP contribution < -0.4 is 21.5 Å². The van der Waals surface area contributed by atoms with E-state index in [0.29, 0.717) is 24.8 Å². The number of aliphatic imine (C=N–C) groups is 1. The van der Waals surface area contributed by atoms with E-state index >= 15 is 0 Å². The molecule has 1 amide bonds. The SMILES string of the molecule is Cc1c(C)c2c(c(C)c1O)CCC(C)(CCNC(=O)C1CCC(CN=C(N)N)CC1)O2. The van der Waals surface area contributed by atoms with E-state index in [1.807, 2.05) is 20.8 Å². The number of rotatable bonds is 6. The van der Waals surface area contributed by atoms with Crippen molar-refractivity contribution in [2.45, 2.75) is 78.2 Å². The molecule has 7 heteroatoms. The second-order valence-corrected chi connectivity index (χ2v) is 9.61. The molecular weight excluding hydrogens is 392 g/mol. The van der Waals surface area contributed by atoms with Gasteiger partial charge in [-0.15, -0.1) is 0 Å². The highest BCUT2D eigenvalue weighted by atomic mass is 16.5. The van der Waals surface area contributed by atoms with E-state index in [0.717, 1.165) is 72.9 Å². The maximum atomic E-state index is 12.6. The minimum Gasteiger partial charge on any atom is -0.507 e. The summed E-state index contributed by atoms with van der Waals surface area (Å²) in [6.07, 6.45) is 6.25. The lowest BCUT2D eigenvalue weighted by molar-refractivity contribution is -0.126. The van der Waals surface area contributed by atoms with Crippen LogP contribution in [-0.2, 0) is 11.2 Å². The molecule has 0 bridgehead atoms. The van der Waals surface area contributed by atoms with E-state index in [1.54, 1.807) is 0 Å². The van der Waals surface area contributed by atoms with Gasteiger partial charge in [-0.2, -0.15) is 0 Å². The van der Waals surface area contributed by atoms with Gasteiger partial charge in [0, 0.05) is 31.0 Å². The lowest BCUT2D eigenvalue weighted by Crippen LogP contribution is -2.42. The number of carbonyl (C=O) groups excluding carboxylic acids is 1. The molecule has 0 radical (unpaired) electrons. The fraction of sp³-hybridized carbons (Fsp3) is 0.667. The van der Waals surface area contributed by atoms with Gasteiger partial charge in [-0.05, 0) is 88.8 Å². The number of carbonyl (C=O) groups is 1. The first kappa shape index (κ1) is 23.2. The van der Waals surface area contributed by atoms with E-state index in [-0.39, 0.29) is 23.4 Å². The van der Waals surface area contributed by atoms with Crippen molar-refractivity contribution >= 4 is 11.9 Å². The van der Waals surface area contributed by atoms with E-state index < -0.39 is 0 Å². The molecule has 1 heterocycles. The molecule has 7 nitrogen and oxygen atoms in total. The monoisotopic (exact) mass is 430 g/mol. The van der Waals surface area contributed by atoms with Crippen molar-refractivity contribution in [3.8, 4) is 11.5 Å². The molecule has 6 N–H and O–H groups in total. The Kier molecular flexibility index (Phi) is 7.02. The van der Waals surface area contributed by atoms with Crippen LogP contribution in [0.3, 0.4) is 0 Å². The lowest BCUT2D eigenvalue weighted by atomic mass is 9.81. The Morgan fingerprint density at radius 3 is 2.48 bits per heavy atom. The van der Waals surface area contributed by atoms with Crippen LogP contribution in [-0.4, -0.2) is 35.7 Å². The number of guanidine groups is 1. The summed E-state index contributed by atoms with van der Waals surface area (Å²) >= 11 is 0. The maximum absolute atomic E-state index is 12.6. The Labute approximate surface area is 185 Å². The second kappa shape index (κ2) is 9.37. The molecule has 0 aromatic heterocycles. The van der Waals surface area contributed by atoms with Crippen LogP contribution >= 0.6 is 0 Å². The van der Waals surface area contributed by atoms with Gasteiger partial charge in [0.25, 0.3) is 0 Å². The fourth-order valence-corrected chi connectivity index (χ4v) is 4.91. The maximum Gasteiger partial charge on any atom is 0.223 e. The average molecular weight is 431 g/mol. The number of ether oxygens (including phenoxy) is 1. The summed E-state index contributed by atoms with van der Waals surface area (Å²) in [6.45, 7) is 9.27. The van der Waals surface area contributed by atoms with Crippen molar-refractivity contribution in [3.05, 3.63) is 22.3 Å². The first-order valence-corrected chi connectivity index (χ1v) is 11.4. The summed E-state index contributed by atoms with van der Waals surface area (Å²) in [5, 5.41) is 13.5. The molecule has 1 aromatic carbocycles. The van der Waals surface area contributed by atoms with Crippen molar-refractivity contribution in [1.29, 1.82) is 0 Å². The van der Waals surface area contributed by atoms with E-state index in [1.165, 1.54) is 0 Å². The number of fused-ring (bicyclic) bond motifs is 1. The first-order valence-electron chi connectivity index (χ1n) is 11.4. The molecule has 1 saturated carbocycles. The minimum absolute atomic E-state index is 0.0757. The second-order valence-electron chi connectivity index (χ2n) is 9.61. The van der Waals surface area contributed by atoms with Crippen LogP contribution in [0, 0.1) is 32.6 Å². The number of amides is 1. The van der Waals surface area contributed by atoms with Crippen LogP contribution in [0.2, 0.25) is 0 Å². The predicted octanol–water partition coefficient (Wildman–Crippen LogP) is 2.99. The zero-order valence-corrected chi connectivity index (χ0v) is 19.4. The van der Waals surface area contributed by atoms with Crippen LogP contribution in [0.5, 0.6) is 11.5 Å². The Bertz CT molecular complexity index is 855. The lowest BCUT2D eigenvalue weighted by Gasteiger charge is -2.38. The van der Waals surface area contributed by atoms with Gasteiger partial charge in [0.05, 0.1) is 0 Å². The number of phenolic OH excluding ortho intramolecular Hbond substituents is 1. The number of nitrogens with one attached hydrogen (secondary N) is 1. The van der Waals surface area contributed by atoms with Gasteiger partial charge >= 0.3 is 0 Å². The quantitative estimate of drug-likeness (QED) is 0.408. The van der Waals surface area contributed by atoms with Crippen molar-refractivity contribution < 1.29 is 14.6 Å². The van der Waals surface area contributed by atoms with Crippen molar-refractivity contribution in [1.82, 2.24) is 5.32 Å². The summed E-state index contributed by atoms with van der Waals surface area (Å²) in [4.78, 5) is 16.8. The molecule has 1 atom stereocenters. The number of nitrogens with zero attached hydrogens (tertiary/aromatic N) is 1. The molecule has 1 aromatic rings. The molecular formula is C24H38N4O3. The standard InChI is InChI=1S/C24H38N4O3/c1-14-15(2)21-19(16(3)20(14)29)9-10-24(4,31-21)11-12-27-22(30)18-7-5-17(6-8-18)13-28-23(25)26/h17-18,29H,5-13H2,1-4H3,(H,27,30)(H4,25,26,28). The topological polar surface area (TPSA) is 123 Å². The van der Waals surface area contributed by atoms with E-state index in [2.05, 4.69) is 17.2 Å². The van der Waals surface area contributed by atoms with Crippen LogP contribution in [0.25, 0.3) is 0 Å². The molecule has 3 rings (SSSR count). The fourth-order valence-electron chi connectivity index (χ4n) is 4.91. The van der Waals surface area contributed by atoms with Crippen molar-refractivity contribution in [2.24, 2.45) is 28.3 Å². The number of benzene rings is 1. The number of aromatic hydroxyl groups is 1.